The number of hydrogen-bond acceptors (Lipinski definition) is 2. The van der Waals surface area contributed by atoms with Gasteiger partial charge in [0.25, 0.3) is 0 Å². The average Bonchev–Trinajstić information content (AvgIpc) is 2.45. The number of hydrogen-bond donors (Lipinski definition) is 0. The van der Waals surface area contributed by atoms with E-state index >= 15 is 0 Å². The molecular weight excluding hydrogens is 296 g/mol. The van der Waals surface area contributed by atoms with E-state index in [1.54, 1.807) is 0 Å². The van der Waals surface area contributed by atoms with Gasteiger partial charge in [0, 0.05) is 31.1 Å². The predicted molar refractivity (Wildman–Crippen MR) is 94.1 cm³/mol. The third kappa shape index (κ3) is 7.28. The third-order valence-corrected chi connectivity index (χ3v) is 4.01. The van der Waals surface area contributed by atoms with Crippen LogP contribution in [-0.2, 0) is 11.3 Å². The molecule has 0 heterocycles. The molecule has 0 aliphatic heterocycles. The number of rotatable bonds is 9. The molecule has 22 heavy (non-hydrogen) atoms. The largest absolute Gasteiger partial charge is 0.337 e. The lowest BCUT2D eigenvalue weighted by atomic mass is 10.0. The molecule has 0 spiro atoms. The molecule has 1 aromatic rings. The molecular formula is C18H29ClN2O. The molecule has 0 aliphatic carbocycles. The molecule has 4 heteroatoms. The molecule has 3 nitrogen and oxygen atoms in total. The molecule has 0 saturated carbocycles. The van der Waals surface area contributed by atoms with Crippen LogP contribution in [0.4, 0.5) is 0 Å². The normalized spacial score (nSPS) is 12.5. The van der Waals surface area contributed by atoms with Crippen LogP contribution in [0.25, 0.3) is 0 Å². The molecule has 1 aromatic carbocycles. The molecule has 1 atom stereocenters. The van der Waals surface area contributed by atoms with E-state index < -0.39 is 0 Å². The highest BCUT2D eigenvalue weighted by Gasteiger charge is 2.17. The van der Waals surface area contributed by atoms with Crippen molar-refractivity contribution in [3.8, 4) is 0 Å². The van der Waals surface area contributed by atoms with E-state index in [4.69, 9.17) is 11.6 Å². The Bertz CT molecular complexity index is 445. The number of amides is 1. The van der Waals surface area contributed by atoms with Crippen molar-refractivity contribution < 1.29 is 4.79 Å². The number of benzene rings is 1. The fraction of sp³-hybridized carbons (Fsp3) is 0.611. The summed E-state index contributed by atoms with van der Waals surface area (Å²) < 4.78 is 0. The third-order valence-electron chi connectivity index (χ3n) is 3.76. The maximum Gasteiger partial charge on any atom is 0.223 e. The van der Waals surface area contributed by atoms with E-state index in [0.29, 0.717) is 18.9 Å². The molecule has 124 valence electrons. The number of carbonyl (C=O) groups is 1. The molecule has 0 N–H and O–H groups in total. The zero-order chi connectivity index (χ0) is 16.5. The molecule has 0 aliphatic rings. The van der Waals surface area contributed by atoms with Crippen molar-refractivity contribution in [2.24, 2.45) is 5.92 Å². The minimum absolute atomic E-state index is 0.248. The SMILES string of the molecule is CCCC(C)CC(=O)N(CCN(C)C)Cc1ccc(Cl)cc1. The molecule has 0 aromatic heterocycles. The molecule has 1 rings (SSSR count). The van der Waals surface area contributed by atoms with Gasteiger partial charge in [0.2, 0.25) is 5.91 Å². The van der Waals surface area contributed by atoms with Gasteiger partial charge in [0.1, 0.15) is 0 Å². The van der Waals surface area contributed by atoms with Crippen LogP contribution in [0.3, 0.4) is 0 Å². The zero-order valence-corrected chi connectivity index (χ0v) is 15.1. The molecule has 0 saturated heterocycles. The second kappa shape index (κ2) is 9.86. The monoisotopic (exact) mass is 324 g/mol. The fourth-order valence-corrected chi connectivity index (χ4v) is 2.57. The Morgan fingerprint density at radius 3 is 2.36 bits per heavy atom. The Morgan fingerprint density at radius 1 is 1.18 bits per heavy atom. The number of likely N-dealkylation sites (N-methyl/N-ethyl adjacent to an activating group) is 1. The van der Waals surface area contributed by atoms with Crippen LogP contribution < -0.4 is 0 Å². The summed E-state index contributed by atoms with van der Waals surface area (Å²) >= 11 is 5.93. The quantitative estimate of drug-likeness (QED) is 0.684. The minimum atomic E-state index is 0.248. The van der Waals surface area contributed by atoms with Crippen LogP contribution in [0.5, 0.6) is 0 Å². The van der Waals surface area contributed by atoms with Gasteiger partial charge in [-0.2, -0.15) is 0 Å². The van der Waals surface area contributed by atoms with Crippen molar-refractivity contribution >= 4 is 17.5 Å². The standard InChI is InChI=1S/C18H29ClN2O/c1-5-6-15(2)13-18(22)21(12-11-20(3)4)14-16-7-9-17(19)10-8-16/h7-10,15H,5-6,11-14H2,1-4H3. The Hall–Kier alpha value is -1.06. The van der Waals surface area contributed by atoms with Crippen LogP contribution >= 0.6 is 11.6 Å². The van der Waals surface area contributed by atoms with Crippen LogP contribution in [-0.4, -0.2) is 42.9 Å². The Balaban J connectivity index is 2.69. The van der Waals surface area contributed by atoms with E-state index in [1.807, 2.05) is 43.3 Å². The summed E-state index contributed by atoms with van der Waals surface area (Å²) in [4.78, 5) is 16.7. The summed E-state index contributed by atoms with van der Waals surface area (Å²) in [5.74, 6) is 0.697. The smallest absolute Gasteiger partial charge is 0.223 e. The maximum atomic E-state index is 12.6. The van der Waals surface area contributed by atoms with Gasteiger partial charge in [0.05, 0.1) is 0 Å². The minimum Gasteiger partial charge on any atom is -0.337 e. The highest BCUT2D eigenvalue weighted by molar-refractivity contribution is 6.30. The lowest BCUT2D eigenvalue weighted by molar-refractivity contribution is -0.132. The van der Waals surface area contributed by atoms with E-state index in [0.717, 1.165) is 36.5 Å². The van der Waals surface area contributed by atoms with Crippen LogP contribution in [0.1, 0.15) is 38.7 Å². The molecule has 1 unspecified atom stereocenters. The van der Waals surface area contributed by atoms with Gasteiger partial charge >= 0.3 is 0 Å². The lowest BCUT2D eigenvalue weighted by Crippen LogP contribution is -2.36. The van der Waals surface area contributed by atoms with Gasteiger partial charge in [-0.25, -0.2) is 0 Å². The first-order valence-corrected chi connectivity index (χ1v) is 8.47. The van der Waals surface area contributed by atoms with Gasteiger partial charge < -0.3 is 9.80 Å². The van der Waals surface area contributed by atoms with Gasteiger partial charge in [-0.1, -0.05) is 50.4 Å². The Kier molecular flexibility index (Phi) is 8.51. The molecule has 0 bridgehead atoms. The van der Waals surface area contributed by atoms with Crippen molar-refractivity contribution in [1.82, 2.24) is 9.80 Å². The maximum absolute atomic E-state index is 12.6. The number of nitrogens with zero attached hydrogens (tertiary/aromatic N) is 2. The highest BCUT2D eigenvalue weighted by atomic mass is 35.5. The van der Waals surface area contributed by atoms with Gasteiger partial charge in [0.15, 0.2) is 0 Å². The van der Waals surface area contributed by atoms with Crippen molar-refractivity contribution in [2.45, 2.75) is 39.7 Å². The van der Waals surface area contributed by atoms with E-state index in [9.17, 15) is 4.79 Å². The summed E-state index contributed by atoms with van der Waals surface area (Å²) in [7, 11) is 4.06. The summed E-state index contributed by atoms with van der Waals surface area (Å²) in [6, 6.07) is 7.75. The molecule has 0 fully saturated rings. The topological polar surface area (TPSA) is 23.6 Å². The second-order valence-corrected chi connectivity index (χ2v) is 6.78. The Morgan fingerprint density at radius 2 is 1.82 bits per heavy atom. The summed E-state index contributed by atoms with van der Waals surface area (Å²) in [6.07, 6.45) is 2.87. The highest BCUT2D eigenvalue weighted by Crippen LogP contribution is 2.15. The summed E-state index contributed by atoms with van der Waals surface area (Å²) in [6.45, 7) is 6.61. The molecule has 1 amide bonds. The lowest BCUT2D eigenvalue weighted by Gasteiger charge is -2.26. The van der Waals surface area contributed by atoms with Crippen molar-refractivity contribution in [3.05, 3.63) is 34.9 Å². The first-order chi connectivity index (χ1) is 10.4. The summed E-state index contributed by atoms with van der Waals surface area (Å²) in [5, 5.41) is 0.728. The first kappa shape index (κ1) is 19.0. The van der Waals surface area contributed by atoms with Crippen molar-refractivity contribution in [2.75, 3.05) is 27.2 Å². The zero-order valence-electron chi connectivity index (χ0n) is 14.3. The fourth-order valence-electron chi connectivity index (χ4n) is 2.44. The van der Waals surface area contributed by atoms with E-state index in [2.05, 4.69) is 18.7 Å². The van der Waals surface area contributed by atoms with Crippen LogP contribution in [0.15, 0.2) is 24.3 Å². The summed E-state index contributed by atoms with van der Waals surface area (Å²) in [5.41, 5.74) is 1.12. The number of halogens is 1. The second-order valence-electron chi connectivity index (χ2n) is 6.34. The van der Waals surface area contributed by atoms with Gasteiger partial charge in [-0.3, -0.25) is 4.79 Å². The average molecular weight is 325 g/mol. The van der Waals surface area contributed by atoms with Gasteiger partial charge in [-0.15, -0.1) is 0 Å². The van der Waals surface area contributed by atoms with E-state index in [-0.39, 0.29) is 5.91 Å². The van der Waals surface area contributed by atoms with E-state index in [1.165, 1.54) is 0 Å². The molecule has 0 radical (unpaired) electrons. The first-order valence-electron chi connectivity index (χ1n) is 8.09. The van der Waals surface area contributed by atoms with Crippen LogP contribution in [0.2, 0.25) is 5.02 Å². The number of carbonyl (C=O) groups excluding carboxylic acids is 1. The van der Waals surface area contributed by atoms with Crippen molar-refractivity contribution in [3.63, 3.8) is 0 Å². The van der Waals surface area contributed by atoms with Crippen molar-refractivity contribution in [1.29, 1.82) is 0 Å². The predicted octanol–water partition coefficient (Wildman–Crippen LogP) is 4.06. The van der Waals surface area contributed by atoms with Gasteiger partial charge in [-0.05, 0) is 37.7 Å². The van der Waals surface area contributed by atoms with Crippen LogP contribution in [0, 0.1) is 5.92 Å². The Labute approximate surface area is 140 Å².